The number of nitrogens with zero attached hydrogens (tertiary/aromatic N) is 2. The molecule has 0 spiro atoms. The molecule has 132 valence electrons. The molecule has 0 aliphatic carbocycles. The molecule has 2 aliphatic heterocycles. The van der Waals surface area contributed by atoms with E-state index in [-0.39, 0.29) is 5.92 Å². The molecular formula is C22H18N4O. The minimum Gasteiger partial charge on any atom is -0.493 e. The van der Waals surface area contributed by atoms with Gasteiger partial charge < -0.3 is 10.1 Å². The van der Waals surface area contributed by atoms with Crippen molar-refractivity contribution >= 4 is 11.5 Å². The largest absolute Gasteiger partial charge is 0.493 e. The highest BCUT2D eigenvalue weighted by atomic mass is 16.5. The van der Waals surface area contributed by atoms with E-state index in [2.05, 4.69) is 38.6 Å². The highest BCUT2D eigenvalue weighted by Gasteiger charge is 2.34. The number of nitrogens with one attached hydrogen (secondary N) is 2. The molecule has 2 aliphatic rings. The van der Waals surface area contributed by atoms with Gasteiger partial charge in [-0.25, -0.2) is 4.85 Å². The summed E-state index contributed by atoms with van der Waals surface area (Å²) in [6.07, 6.45) is 3.84. The summed E-state index contributed by atoms with van der Waals surface area (Å²) in [4.78, 5) is 3.96. The lowest BCUT2D eigenvalue weighted by Gasteiger charge is -2.29. The van der Waals surface area contributed by atoms with E-state index in [1.54, 1.807) is 0 Å². The summed E-state index contributed by atoms with van der Waals surface area (Å²) >= 11 is 0. The van der Waals surface area contributed by atoms with Crippen molar-refractivity contribution in [3.8, 4) is 5.75 Å². The number of hydrogen-bond donors (Lipinski definition) is 2. The SMILES string of the molecule is [C-]#[N+]C1=C(c2ccccc2)Nc2[nH]ncc2C1c1cccc2c1OCCC2. The van der Waals surface area contributed by atoms with Gasteiger partial charge in [0.05, 0.1) is 25.3 Å². The van der Waals surface area contributed by atoms with Crippen LogP contribution in [0.25, 0.3) is 10.5 Å². The van der Waals surface area contributed by atoms with Crippen LogP contribution < -0.4 is 10.1 Å². The Hall–Kier alpha value is -3.52. The van der Waals surface area contributed by atoms with E-state index in [1.165, 1.54) is 5.56 Å². The fourth-order valence-corrected chi connectivity index (χ4v) is 4.00. The fraction of sp³-hybridized carbons (Fsp3) is 0.182. The standard InChI is InChI=1S/C22H18N4O/c1-23-20-18(16-11-5-9-15-10-6-12-27-21(15)16)17-13-24-26-22(17)25-19(20)14-7-3-2-4-8-14/h2-5,7-9,11,13,18H,6,10,12H2,(H2,24,25,26). The van der Waals surface area contributed by atoms with Gasteiger partial charge >= 0.3 is 0 Å². The summed E-state index contributed by atoms with van der Waals surface area (Å²) in [7, 11) is 0. The summed E-state index contributed by atoms with van der Waals surface area (Å²) in [6, 6.07) is 16.2. The van der Waals surface area contributed by atoms with Crippen LogP contribution in [-0.4, -0.2) is 16.8 Å². The molecule has 3 heterocycles. The molecule has 5 nitrogen and oxygen atoms in total. The first-order valence-electron chi connectivity index (χ1n) is 9.08. The maximum absolute atomic E-state index is 7.95. The van der Waals surface area contributed by atoms with E-state index in [0.717, 1.165) is 53.4 Å². The normalized spacial score (nSPS) is 18.0. The van der Waals surface area contributed by atoms with Crippen LogP contribution in [0.1, 0.15) is 34.6 Å². The second-order valence-corrected chi connectivity index (χ2v) is 6.78. The van der Waals surface area contributed by atoms with Gasteiger partial charge in [0.2, 0.25) is 5.70 Å². The van der Waals surface area contributed by atoms with Gasteiger partial charge in [0.25, 0.3) is 0 Å². The Kier molecular flexibility index (Phi) is 3.68. The van der Waals surface area contributed by atoms with Crippen LogP contribution in [0.15, 0.2) is 60.4 Å². The number of rotatable bonds is 2. The molecule has 0 saturated carbocycles. The number of para-hydroxylation sites is 1. The van der Waals surface area contributed by atoms with Gasteiger partial charge in [0.1, 0.15) is 11.6 Å². The summed E-state index contributed by atoms with van der Waals surface area (Å²) in [5.74, 6) is 1.55. The Morgan fingerprint density at radius 3 is 2.81 bits per heavy atom. The van der Waals surface area contributed by atoms with Crippen LogP contribution in [0.3, 0.4) is 0 Å². The Balaban J connectivity index is 1.75. The van der Waals surface area contributed by atoms with Gasteiger partial charge in [-0.05, 0) is 29.5 Å². The molecule has 0 radical (unpaired) electrons. The minimum absolute atomic E-state index is 0.208. The predicted molar refractivity (Wildman–Crippen MR) is 104 cm³/mol. The molecule has 5 heteroatoms. The fourth-order valence-electron chi connectivity index (χ4n) is 4.00. The van der Waals surface area contributed by atoms with Crippen molar-refractivity contribution in [2.45, 2.75) is 18.8 Å². The number of H-pyrrole nitrogens is 1. The number of allylic oxidation sites excluding steroid dienone is 1. The lowest BCUT2D eigenvalue weighted by atomic mass is 9.83. The molecule has 1 aromatic heterocycles. The third kappa shape index (κ3) is 2.49. The molecule has 2 N–H and O–H groups in total. The van der Waals surface area contributed by atoms with Crippen molar-refractivity contribution in [3.63, 3.8) is 0 Å². The highest BCUT2D eigenvalue weighted by Crippen LogP contribution is 2.47. The topological polar surface area (TPSA) is 54.3 Å². The van der Waals surface area contributed by atoms with Crippen LogP contribution >= 0.6 is 0 Å². The Morgan fingerprint density at radius 1 is 1.07 bits per heavy atom. The summed E-state index contributed by atoms with van der Waals surface area (Å²) in [5, 5.41) is 10.7. The maximum atomic E-state index is 7.95. The molecule has 1 unspecified atom stereocenters. The molecule has 0 bridgehead atoms. The molecule has 5 rings (SSSR count). The number of anilines is 1. The Bertz CT molecular complexity index is 1080. The monoisotopic (exact) mass is 354 g/mol. The van der Waals surface area contributed by atoms with Gasteiger partial charge in [-0.3, -0.25) is 5.10 Å². The summed E-state index contributed by atoms with van der Waals surface area (Å²) < 4.78 is 6.06. The van der Waals surface area contributed by atoms with E-state index in [0.29, 0.717) is 5.70 Å². The quantitative estimate of drug-likeness (QED) is 0.662. The van der Waals surface area contributed by atoms with Gasteiger partial charge in [-0.2, -0.15) is 5.10 Å². The molecule has 2 aromatic carbocycles. The van der Waals surface area contributed by atoms with Crippen LogP contribution in [-0.2, 0) is 6.42 Å². The molecular weight excluding hydrogens is 336 g/mol. The second-order valence-electron chi connectivity index (χ2n) is 6.78. The van der Waals surface area contributed by atoms with E-state index < -0.39 is 0 Å². The predicted octanol–water partition coefficient (Wildman–Crippen LogP) is 4.58. The number of aromatic nitrogens is 2. The number of hydrogen-bond acceptors (Lipinski definition) is 3. The minimum atomic E-state index is -0.208. The van der Waals surface area contributed by atoms with Gasteiger partial charge in [0, 0.05) is 11.3 Å². The van der Waals surface area contributed by atoms with Gasteiger partial charge in [-0.1, -0.05) is 48.5 Å². The van der Waals surface area contributed by atoms with Crippen LogP contribution in [0.4, 0.5) is 5.82 Å². The van der Waals surface area contributed by atoms with Crippen molar-refractivity contribution < 1.29 is 4.74 Å². The van der Waals surface area contributed by atoms with Crippen LogP contribution in [0.2, 0.25) is 0 Å². The van der Waals surface area contributed by atoms with E-state index in [4.69, 9.17) is 11.3 Å². The zero-order valence-electron chi connectivity index (χ0n) is 14.7. The van der Waals surface area contributed by atoms with Crippen LogP contribution in [0, 0.1) is 6.57 Å². The van der Waals surface area contributed by atoms with Crippen molar-refractivity contribution in [1.29, 1.82) is 0 Å². The van der Waals surface area contributed by atoms with Crippen molar-refractivity contribution in [3.05, 3.63) is 94.1 Å². The van der Waals surface area contributed by atoms with E-state index >= 15 is 0 Å². The molecule has 0 fully saturated rings. The molecule has 0 saturated heterocycles. The van der Waals surface area contributed by atoms with E-state index in [9.17, 15) is 0 Å². The Labute approximate surface area is 157 Å². The second kappa shape index (κ2) is 6.33. The average molecular weight is 354 g/mol. The van der Waals surface area contributed by atoms with Gasteiger partial charge in [0.15, 0.2) is 0 Å². The molecule has 27 heavy (non-hydrogen) atoms. The highest BCUT2D eigenvalue weighted by molar-refractivity contribution is 5.85. The summed E-state index contributed by atoms with van der Waals surface area (Å²) in [6.45, 7) is 8.66. The maximum Gasteiger partial charge on any atom is 0.200 e. The molecule has 0 amide bonds. The third-order valence-corrected chi connectivity index (χ3v) is 5.22. The van der Waals surface area contributed by atoms with Crippen LogP contribution in [0.5, 0.6) is 5.75 Å². The number of aryl methyl sites for hydroxylation is 1. The third-order valence-electron chi connectivity index (χ3n) is 5.22. The molecule has 1 atom stereocenters. The first kappa shape index (κ1) is 15.7. The van der Waals surface area contributed by atoms with E-state index in [1.807, 2.05) is 36.5 Å². The van der Waals surface area contributed by atoms with Gasteiger partial charge in [-0.15, -0.1) is 0 Å². The molecule has 3 aromatic rings. The lowest BCUT2D eigenvalue weighted by molar-refractivity contribution is 0.285. The van der Waals surface area contributed by atoms with Crippen molar-refractivity contribution in [2.75, 3.05) is 11.9 Å². The number of fused-ring (bicyclic) bond motifs is 2. The zero-order valence-corrected chi connectivity index (χ0v) is 14.7. The average Bonchev–Trinajstić information content (AvgIpc) is 3.21. The first-order chi connectivity index (χ1) is 13.4. The lowest BCUT2D eigenvalue weighted by Crippen LogP contribution is -2.18. The number of ether oxygens (including phenoxy) is 1. The first-order valence-corrected chi connectivity index (χ1v) is 9.08. The summed E-state index contributed by atoms with van der Waals surface area (Å²) in [5.41, 5.74) is 5.70. The number of benzene rings is 2. The zero-order chi connectivity index (χ0) is 18.2. The Morgan fingerprint density at radius 2 is 1.96 bits per heavy atom. The smallest absolute Gasteiger partial charge is 0.200 e. The van der Waals surface area contributed by atoms with Crippen molar-refractivity contribution in [2.24, 2.45) is 0 Å². The van der Waals surface area contributed by atoms with Crippen molar-refractivity contribution in [1.82, 2.24) is 10.2 Å². The number of aromatic amines is 1.